The standard InChI is InChI=1S/C14H13NO3S/c16-14(17)12-3-1-2-4-13(12)19(18)10-7-11-5-8-15-9-6-11/h1-6,8-9H,7,10H2,(H,16,17). The van der Waals surface area contributed by atoms with Gasteiger partial charge in [0, 0.05) is 18.1 Å². The van der Waals surface area contributed by atoms with Gasteiger partial charge in [0.1, 0.15) is 0 Å². The lowest BCUT2D eigenvalue weighted by atomic mass is 10.2. The highest BCUT2D eigenvalue weighted by Gasteiger charge is 2.14. The van der Waals surface area contributed by atoms with Crippen molar-refractivity contribution in [1.29, 1.82) is 0 Å². The largest absolute Gasteiger partial charge is 0.478 e. The van der Waals surface area contributed by atoms with Crippen LogP contribution >= 0.6 is 0 Å². The lowest BCUT2D eigenvalue weighted by molar-refractivity contribution is 0.0693. The molecule has 0 aliphatic rings. The molecule has 1 aromatic heterocycles. The fourth-order valence-electron chi connectivity index (χ4n) is 1.71. The Morgan fingerprint density at radius 1 is 1.16 bits per heavy atom. The first kappa shape index (κ1) is 13.4. The van der Waals surface area contributed by atoms with Gasteiger partial charge in [-0.25, -0.2) is 4.79 Å². The van der Waals surface area contributed by atoms with E-state index in [1.165, 1.54) is 6.07 Å². The number of hydrogen-bond donors (Lipinski definition) is 1. The summed E-state index contributed by atoms with van der Waals surface area (Å²) in [6.45, 7) is 0. The molecule has 98 valence electrons. The first-order valence-corrected chi connectivity index (χ1v) is 7.10. The summed E-state index contributed by atoms with van der Waals surface area (Å²) in [5.41, 5.74) is 1.15. The lowest BCUT2D eigenvalue weighted by Crippen LogP contribution is -2.08. The molecular weight excluding hydrogens is 262 g/mol. The van der Waals surface area contributed by atoms with Gasteiger partial charge in [0.2, 0.25) is 0 Å². The third-order valence-corrected chi connectivity index (χ3v) is 4.11. The smallest absolute Gasteiger partial charge is 0.336 e. The van der Waals surface area contributed by atoms with Gasteiger partial charge in [-0.2, -0.15) is 0 Å². The van der Waals surface area contributed by atoms with E-state index in [-0.39, 0.29) is 5.56 Å². The maximum absolute atomic E-state index is 12.2. The van der Waals surface area contributed by atoms with Crippen molar-refractivity contribution in [3.63, 3.8) is 0 Å². The number of aromatic nitrogens is 1. The lowest BCUT2D eigenvalue weighted by Gasteiger charge is -2.06. The van der Waals surface area contributed by atoms with E-state index < -0.39 is 16.8 Å². The highest BCUT2D eigenvalue weighted by Crippen LogP contribution is 2.15. The first-order valence-electron chi connectivity index (χ1n) is 5.78. The average Bonchev–Trinajstić information content (AvgIpc) is 2.46. The SMILES string of the molecule is O=C(O)c1ccccc1S(=O)CCc1ccncc1. The highest BCUT2D eigenvalue weighted by atomic mass is 32.2. The van der Waals surface area contributed by atoms with Crippen molar-refractivity contribution in [3.05, 3.63) is 59.9 Å². The molecule has 1 heterocycles. The second-order valence-electron chi connectivity index (χ2n) is 3.96. The molecule has 2 rings (SSSR count). The Morgan fingerprint density at radius 3 is 2.53 bits per heavy atom. The number of carboxylic acids is 1. The van der Waals surface area contributed by atoms with Crippen molar-refractivity contribution >= 4 is 16.8 Å². The summed E-state index contributed by atoms with van der Waals surface area (Å²) in [6.07, 6.45) is 4.00. The van der Waals surface area contributed by atoms with Gasteiger partial charge in [-0.3, -0.25) is 9.19 Å². The molecule has 0 aliphatic carbocycles. The first-order chi connectivity index (χ1) is 9.18. The number of carboxylic acid groups (broad SMARTS) is 1. The van der Waals surface area contributed by atoms with E-state index in [0.717, 1.165) is 5.56 Å². The summed E-state index contributed by atoms with van der Waals surface area (Å²) in [6, 6.07) is 10.1. The maximum Gasteiger partial charge on any atom is 0.336 e. The molecule has 0 bridgehead atoms. The van der Waals surface area contributed by atoms with Crippen LogP contribution in [0.15, 0.2) is 53.7 Å². The molecule has 5 heteroatoms. The van der Waals surface area contributed by atoms with Gasteiger partial charge in [-0.05, 0) is 36.2 Å². The van der Waals surface area contributed by atoms with Crippen LogP contribution in [0.5, 0.6) is 0 Å². The summed E-state index contributed by atoms with van der Waals surface area (Å²) in [7, 11) is -1.32. The number of pyridine rings is 1. The van der Waals surface area contributed by atoms with Crippen LogP contribution in [0.1, 0.15) is 15.9 Å². The average molecular weight is 275 g/mol. The van der Waals surface area contributed by atoms with E-state index in [0.29, 0.717) is 17.1 Å². The molecule has 0 spiro atoms. The zero-order valence-electron chi connectivity index (χ0n) is 10.2. The number of aromatic carboxylic acids is 1. The maximum atomic E-state index is 12.2. The summed E-state index contributed by atoms with van der Waals surface area (Å²) in [5.74, 6) is -0.651. The van der Waals surface area contributed by atoms with Gasteiger partial charge in [0.05, 0.1) is 21.3 Å². The topological polar surface area (TPSA) is 67.3 Å². The number of hydrogen-bond acceptors (Lipinski definition) is 3. The Hall–Kier alpha value is -2.01. The molecule has 1 N–H and O–H groups in total. The Morgan fingerprint density at radius 2 is 1.84 bits per heavy atom. The van der Waals surface area contributed by atoms with Gasteiger partial charge in [0.15, 0.2) is 0 Å². The van der Waals surface area contributed by atoms with Crippen LogP contribution in [0.25, 0.3) is 0 Å². The van der Waals surface area contributed by atoms with Crippen molar-refractivity contribution < 1.29 is 14.1 Å². The molecule has 1 unspecified atom stereocenters. The molecule has 0 amide bonds. The van der Waals surface area contributed by atoms with Gasteiger partial charge in [-0.1, -0.05) is 12.1 Å². The van der Waals surface area contributed by atoms with E-state index in [2.05, 4.69) is 4.98 Å². The minimum Gasteiger partial charge on any atom is -0.478 e. The fraction of sp³-hybridized carbons (Fsp3) is 0.143. The monoisotopic (exact) mass is 275 g/mol. The van der Waals surface area contributed by atoms with Gasteiger partial charge < -0.3 is 5.11 Å². The third kappa shape index (κ3) is 3.48. The van der Waals surface area contributed by atoms with Gasteiger partial charge >= 0.3 is 5.97 Å². The fourth-order valence-corrected chi connectivity index (χ4v) is 2.98. The molecule has 1 aromatic carbocycles. The van der Waals surface area contributed by atoms with Gasteiger partial charge in [0.25, 0.3) is 0 Å². The van der Waals surface area contributed by atoms with E-state index in [1.54, 1.807) is 30.6 Å². The predicted octanol–water partition coefficient (Wildman–Crippen LogP) is 2.13. The van der Waals surface area contributed by atoms with Crippen LogP contribution in [0.3, 0.4) is 0 Å². The molecule has 0 fully saturated rings. The number of rotatable bonds is 5. The number of benzene rings is 1. The van der Waals surface area contributed by atoms with E-state index in [1.807, 2.05) is 12.1 Å². The Labute approximate surface area is 113 Å². The number of nitrogens with zero attached hydrogens (tertiary/aromatic N) is 1. The van der Waals surface area contributed by atoms with Crippen molar-refractivity contribution in [2.75, 3.05) is 5.75 Å². The summed E-state index contributed by atoms with van der Waals surface area (Å²) in [5, 5.41) is 9.06. The van der Waals surface area contributed by atoms with Crippen LogP contribution in [0.4, 0.5) is 0 Å². The molecule has 19 heavy (non-hydrogen) atoms. The zero-order valence-corrected chi connectivity index (χ0v) is 11.0. The van der Waals surface area contributed by atoms with Crippen molar-refractivity contribution in [3.8, 4) is 0 Å². The number of aryl methyl sites for hydroxylation is 1. The summed E-state index contributed by atoms with van der Waals surface area (Å²) < 4.78 is 12.2. The number of carbonyl (C=O) groups is 1. The van der Waals surface area contributed by atoms with Crippen LogP contribution < -0.4 is 0 Å². The Bertz CT molecular complexity index is 599. The van der Waals surface area contributed by atoms with Crippen LogP contribution in [0, 0.1) is 0 Å². The van der Waals surface area contributed by atoms with Crippen molar-refractivity contribution in [2.45, 2.75) is 11.3 Å². The van der Waals surface area contributed by atoms with Crippen LogP contribution in [-0.2, 0) is 17.2 Å². The molecular formula is C14H13NO3S. The molecule has 0 aliphatic heterocycles. The Kier molecular flexibility index (Phi) is 4.41. The van der Waals surface area contributed by atoms with Gasteiger partial charge in [-0.15, -0.1) is 0 Å². The van der Waals surface area contributed by atoms with Crippen molar-refractivity contribution in [1.82, 2.24) is 4.98 Å². The van der Waals surface area contributed by atoms with Crippen LogP contribution in [-0.4, -0.2) is 26.0 Å². The molecule has 2 aromatic rings. The minimum absolute atomic E-state index is 0.107. The highest BCUT2D eigenvalue weighted by molar-refractivity contribution is 7.85. The molecule has 1 atom stereocenters. The summed E-state index contributed by atoms with van der Waals surface area (Å²) in [4.78, 5) is 15.4. The van der Waals surface area contributed by atoms with Crippen molar-refractivity contribution in [2.24, 2.45) is 0 Å². The minimum atomic E-state index is -1.32. The quantitative estimate of drug-likeness (QED) is 0.907. The predicted molar refractivity (Wildman–Crippen MR) is 72.6 cm³/mol. The molecule has 0 saturated heterocycles. The second-order valence-corrected chi connectivity index (χ2v) is 5.50. The molecule has 0 saturated carbocycles. The summed E-state index contributed by atoms with van der Waals surface area (Å²) >= 11 is 0. The second kappa shape index (κ2) is 6.24. The van der Waals surface area contributed by atoms with E-state index in [4.69, 9.17) is 5.11 Å². The van der Waals surface area contributed by atoms with E-state index in [9.17, 15) is 9.00 Å². The third-order valence-electron chi connectivity index (χ3n) is 2.69. The zero-order chi connectivity index (χ0) is 13.7. The molecule has 4 nitrogen and oxygen atoms in total. The Balaban J connectivity index is 2.10. The van der Waals surface area contributed by atoms with Crippen LogP contribution in [0.2, 0.25) is 0 Å². The normalized spacial score (nSPS) is 12.0. The molecule has 0 radical (unpaired) electrons. The van der Waals surface area contributed by atoms with E-state index >= 15 is 0 Å².